The zero-order valence-electron chi connectivity index (χ0n) is 14.0. The van der Waals surface area contributed by atoms with Crippen molar-refractivity contribution in [2.75, 3.05) is 13.1 Å². The minimum absolute atomic E-state index is 0.0224. The Hall–Kier alpha value is -1.52. The highest BCUT2D eigenvalue weighted by atomic mass is 35.5. The fraction of sp³-hybridized carbons (Fsp3) is 0.526. The summed E-state index contributed by atoms with van der Waals surface area (Å²) in [5, 5.41) is 11.7. The highest BCUT2D eigenvalue weighted by Crippen LogP contribution is 2.28. The summed E-state index contributed by atoms with van der Waals surface area (Å²) < 4.78 is 0. The van der Waals surface area contributed by atoms with Crippen molar-refractivity contribution in [3.05, 3.63) is 35.1 Å². The van der Waals surface area contributed by atoms with Crippen LogP contribution >= 0.6 is 11.6 Å². The van der Waals surface area contributed by atoms with Crippen molar-refractivity contribution in [2.24, 2.45) is 5.92 Å². The molecule has 0 saturated heterocycles. The van der Waals surface area contributed by atoms with Crippen molar-refractivity contribution in [1.29, 1.82) is 5.41 Å². The minimum Gasteiger partial charge on any atom is -0.316 e. The van der Waals surface area contributed by atoms with Crippen molar-refractivity contribution in [3.63, 3.8) is 0 Å². The number of nitrogens with one attached hydrogen (secondary N) is 2. The van der Waals surface area contributed by atoms with Gasteiger partial charge in [-0.25, -0.2) is 4.98 Å². The first-order valence-electron chi connectivity index (χ1n) is 8.90. The van der Waals surface area contributed by atoms with Crippen LogP contribution in [0.25, 0.3) is 11.0 Å². The van der Waals surface area contributed by atoms with Crippen LogP contribution in [-0.4, -0.2) is 29.3 Å². The Kier molecular flexibility index (Phi) is 6.16. The summed E-state index contributed by atoms with van der Waals surface area (Å²) >= 11 is 5.96. The maximum Gasteiger partial charge on any atom is 0.129 e. The molecule has 1 fully saturated rings. The van der Waals surface area contributed by atoms with Gasteiger partial charge in [-0.1, -0.05) is 37.3 Å². The van der Waals surface area contributed by atoms with Crippen LogP contribution in [0.3, 0.4) is 0 Å². The van der Waals surface area contributed by atoms with Crippen LogP contribution in [0.5, 0.6) is 0 Å². The third-order valence-corrected chi connectivity index (χ3v) is 5.17. The molecule has 1 unspecified atom stereocenters. The first kappa shape index (κ1) is 17.3. The number of hydrogen-bond donors (Lipinski definition) is 2. The van der Waals surface area contributed by atoms with Gasteiger partial charge in [-0.05, 0) is 49.1 Å². The molecule has 4 nitrogen and oxygen atoms in total. The van der Waals surface area contributed by atoms with Crippen molar-refractivity contribution < 1.29 is 0 Å². The molecule has 0 aliphatic heterocycles. The summed E-state index contributed by atoms with van der Waals surface area (Å²) in [6.45, 7) is 1.79. The second-order valence-corrected chi connectivity index (χ2v) is 7.10. The lowest BCUT2D eigenvalue weighted by Gasteiger charge is -2.14. The van der Waals surface area contributed by atoms with Gasteiger partial charge in [0.15, 0.2) is 0 Å². The standard InChI is InChI=1S/C19H25ClN4/c20-19-8-7-17-18(24-19)10-15(13-23-17)16(11-21)12-22-9-3-6-14-4-1-2-5-14/h7-8,10-11,13-14,16,21-22H,1-6,9,12H2. The van der Waals surface area contributed by atoms with Crippen LogP contribution in [0, 0.1) is 11.3 Å². The molecule has 24 heavy (non-hydrogen) atoms. The number of rotatable bonds is 8. The molecule has 0 aromatic carbocycles. The van der Waals surface area contributed by atoms with E-state index in [0.29, 0.717) is 5.15 Å². The summed E-state index contributed by atoms with van der Waals surface area (Å²) in [6, 6.07) is 5.61. The third kappa shape index (κ3) is 4.52. The second-order valence-electron chi connectivity index (χ2n) is 6.71. The molecule has 0 bridgehead atoms. The number of fused-ring (bicyclic) bond motifs is 1. The van der Waals surface area contributed by atoms with Crippen molar-refractivity contribution in [2.45, 2.75) is 44.4 Å². The molecular formula is C19H25ClN4. The summed E-state index contributed by atoms with van der Waals surface area (Å²) in [4.78, 5) is 8.75. The van der Waals surface area contributed by atoms with Crippen LogP contribution in [-0.2, 0) is 0 Å². The maximum atomic E-state index is 7.72. The Bertz CT molecular complexity index is 682. The fourth-order valence-electron chi connectivity index (χ4n) is 3.55. The van der Waals surface area contributed by atoms with Crippen molar-refractivity contribution >= 4 is 28.8 Å². The van der Waals surface area contributed by atoms with E-state index in [9.17, 15) is 0 Å². The van der Waals surface area contributed by atoms with E-state index in [1.54, 1.807) is 6.07 Å². The van der Waals surface area contributed by atoms with Gasteiger partial charge < -0.3 is 10.7 Å². The first-order chi connectivity index (χ1) is 11.8. The van der Waals surface area contributed by atoms with Crippen LogP contribution < -0.4 is 5.32 Å². The van der Waals surface area contributed by atoms with E-state index >= 15 is 0 Å². The van der Waals surface area contributed by atoms with Gasteiger partial charge in [-0.3, -0.25) is 4.98 Å². The lowest BCUT2D eigenvalue weighted by molar-refractivity contribution is 0.470. The molecule has 0 radical (unpaired) electrons. The van der Waals surface area contributed by atoms with Crippen LogP contribution in [0.2, 0.25) is 5.15 Å². The number of hydrogen-bond acceptors (Lipinski definition) is 4. The normalized spacial score (nSPS) is 16.5. The molecule has 2 aromatic heterocycles. The van der Waals surface area contributed by atoms with Gasteiger partial charge in [-0.2, -0.15) is 0 Å². The molecule has 5 heteroatoms. The van der Waals surface area contributed by atoms with E-state index in [-0.39, 0.29) is 5.92 Å². The average molecular weight is 345 g/mol. The fourth-order valence-corrected chi connectivity index (χ4v) is 3.70. The van der Waals surface area contributed by atoms with E-state index < -0.39 is 0 Å². The zero-order chi connectivity index (χ0) is 16.8. The molecule has 1 aliphatic rings. The van der Waals surface area contributed by atoms with Crippen molar-refractivity contribution in [1.82, 2.24) is 15.3 Å². The van der Waals surface area contributed by atoms with Crippen LogP contribution in [0.15, 0.2) is 24.4 Å². The molecule has 128 valence electrons. The van der Waals surface area contributed by atoms with Gasteiger partial charge >= 0.3 is 0 Å². The molecule has 0 spiro atoms. The zero-order valence-corrected chi connectivity index (χ0v) is 14.7. The Balaban J connectivity index is 1.52. The van der Waals surface area contributed by atoms with E-state index in [1.807, 2.05) is 18.3 Å². The summed E-state index contributed by atoms with van der Waals surface area (Å²) in [5.41, 5.74) is 2.63. The Morgan fingerprint density at radius 3 is 2.92 bits per heavy atom. The van der Waals surface area contributed by atoms with E-state index in [0.717, 1.165) is 35.6 Å². The first-order valence-corrected chi connectivity index (χ1v) is 9.27. The maximum absolute atomic E-state index is 7.72. The largest absolute Gasteiger partial charge is 0.316 e. The number of nitrogens with zero attached hydrogens (tertiary/aromatic N) is 2. The highest BCUT2D eigenvalue weighted by molar-refractivity contribution is 6.29. The lowest BCUT2D eigenvalue weighted by Crippen LogP contribution is -2.23. The summed E-state index contributed by atoms with van der Waals surface area (Å²) in [5.74, 6) is 0.972. The van der Waals surface area contributed by atoms with Gasteiger partial charge in [0.1, 0.15) is 5.15 Å². The highest BCUT2D eigenvalue weighted by Gasteiger charge is 2.14. The predicted octanol–water partition coefficient (Wildman–Crippen LogP) is 4.58. The smallest absolute Gasteiger partial charge is 0.129 e. The number of aromatic nitrogens is 2. The molecule has 2 heterocycles. The van der Waals surface area contributed by atoms with Crippen LogP contribution in [0.4, 0.5) is 0 Å². The lowest BCUT2D eigenvalue weighted by atomic mass is 10.0. The Labute approximate surface area is 148 Å². The summed E-state index contributed by atoms with van der Waals surface area (Å²) in [6.07, 6.45) is 11.6. The van der Waals surface area contributed by atoms with Gasteiger partial charge in [-0.15, -0.1) is 0 Å². The van der Waals surface area contributed by atoms with E-state index in [1.165, 1.54) is 44.7 Å². The van der Waals surface area contributed by atoms with Crippen molar-refractivity contribution in [3.8, 4) is 0 Å². The van der Waals surface area contributed by atoms with Crippen LogP contribution in [0.1, 0.15) is 50.0 Å². The molecule has 1 saturated carbocycles. The average Bonchev–Trinajstić information content (AvgIpc) is 3.11. The van der Waals surface area contributed by atoms with Gasteiger partial charge in [0.25, 0.3) is 0 Å². The molecule has 3 rings (SSSR count). The predicted molar refractivity (Wildman–Crippen MR) is 100 cm³/mol. The third-order valence-electron chi connectivity index (χ3n) is 4.96. The molecule has 2 aromatic rings. The molecule has 0 amide bonds. The van der Waals surface area contributed by atoms with Gasteiger partial charge in [0.2, 0.25) is 0 Å². The topological polar surface area (TPSA) is 61.7 Å². The Morgan fingerprint density at radius 1 is 1.29 bits per heavy atom. The molecule has 1 aliphatic carbocycles. The minimum atomic E-state index is 0.0224. The molecule has 2 N–H and O–H groups in total. The number of pyridine rings is 2. The quantitative estimate of drug-likeness (QED) is 0.418. The van der Waals surface area contributed by atoms with Gasteiger partial charge in [0, 0.05) is 24.9 Å². The monoisotopic (exact) mass is 344 g/mol. The SMILES string of the molecule is N=CC(CNCCCC1CCCC1)c1cnc2ccc(Cl)nc2c1. The Morgan fingerprint density at radius 2 is 2.12 bits per heavy atom. The molecule has 1 atom stereocenters. The summed E-state index contributed by atoms with van der Waals surface area (Å²) in [7, 11) is 0. The molecular weight excluding hydrogens is 320 g/mol. The van der Waals surface area contributed by atoms with E-state index in [2.05, 4.69) is 15.3 Å². The number of halogens is 1. The van der Waals surface area contributed by atoms with Gasteiger partial charge in [0.05, 0.1) is 11.0 Å². The second kappa shape index (κ2) is 8.54. The van der Waals surface area contributed by atoms with E-state index in [4.69, 9.17) is 17.0 Å².